The topological polar surface area (TPSA) is 114 Å². The van der Waals surface area contributed by atoms with Crippen molar-refractivity contribution >= 4 is 21.8 Å². The standard InChI is InChI=1S/C40H46F4N4O5S/c1-25-23-47(39(49)53-40(2,3)4)24-31(48(25)54(50,51)33-16-14-32(52-5)15-17-33)13-18-34-35(44)7-6-8-37(34)46-22-36(45)38(26-9-11-28(41)12-10-26)27-19-29(42)21-30(43)20-27/h6-12,14-17,19-21,25,31,36,38,46H,13,18,22-24,45H2,1-5H3. The third-order valence-electron chi connectivity index (χ3n) is 9.27. The Morgan fingerprint density at radius 2 is 1.56 bits per heavy atom. The molecule has 290 valence electrons. The van der Waals surface area contributed by atoms with Crippen LogP contribution in [-0.2, 0) is 21.2 Å². The number of carbonyl (C=O) groups excluding carboxylic acids is 1. The number of ether oxygens (including phenoxy) is 2. The lowest BCUT2D eigenvalue weighted by Crippen LogP contribution is -2.61. The van der Waals surface area contributed by atoms with Crippen LogP contribution in [0.15, 0.2) is 89.8 Å². The van der Waals surface area contributed by atoms with E-state index in [1.165, 1.54) is 77.0 Å². The minimum absolute atomic E-state index is 0.000269. The molecule has 4 aromatic rings. The minimum atomic E-state index is -4.09. The second-order valence-electron chi connectivity index (χ2n) is 14.5. The fraction of sp³-hybridized carbons (Fsp3) is 0.375. The quantitative estimate of drug-likeness (QED) is 0.144. The molecule has 1 amide bonds. The monoisotopic (exact) mass is 770 g/mol. The number of nitrogens with one attached hydrogen (secondary N) is 1. The summed E-state index contributed by atoms with van der Waals surface area (Å²) < 4.78 is 98.7. The van der Waals surface area contributed by atoms with Crippen molar-refractivity contribution in [1.29, 1.82) is 0 Å². The lowest BCUT2D eigenvalue weighted by molar-refractivity contribution is 0.00512. The number of rotatable bonds is 12. The molecule has 4 unspecified atom stereocenters. The van der Waals surface area contributed by atoms with Crippen molar-refractivity contribution < 1.29 is 40.2 Å². The summed E-state index contributed by atoms with van der Waals surface area (Å²) in [5.41, 5.74) is 7.28. The summed E-state index contributed by atoms with van der Waals surface area (Å²) in [6.07, 6.45) is -0.395. The summed E-state index contributed by atoms with van der Waals surface area (Å²) >= 11 is 0. The summed E-state index contributed by atoms with van der Waals surface area (Å²) in [6, 6.07) is 16.8. The zero-order valence-electron chi connectivity index (χ0n) is 30.9. The van der Waals surface area contributed by atoms with Gasteiger partial charge in [0, 0.05) is 61.0 Å². The van der Waals surface area contributed by atoms with E-state index < -0.39 is 69.0 Å². The van der Waals surface area contributed by atoms with Crippen molar-refractivity contribution in [2.24, 2.45) is 5.73 Å². The number of nitrogens with two attached hydrogens (primary N) is 1. The van der Waals surface area contributed by atoms with E-state index in [1.807, 2.05) is 0 Å². The summed E-state index contributed by atoms with van der Waals surface area (Å²) in [5.74, 6) is -2.91. The number of anilines is 1. The van der Waals surface area contributed by atoms with E-state index in [9.17, 15) is 26.4 Å². The molecule has 4 aromatic carbocycles. The number of hydrogen-bond donors (Lipinski definition) is 2. The number of benzene rings is 4. The van der Waals surface area contributed by atoms with Crippen LogP contribution in [0, 0.1) is 23.3 Å². The molecule has 0 aliphatic carbocycles. The molecular weight excluding hydrogens is 725 g/mol. The Kier molecular flexibility index (Phi) is 12.6. The van der Waals surface area contributed by atoms with Crippen LogP contribution in [0.25, 0.3) is 0 Å². The highest BCUT2D eigenvalue weighted by Gasteiger charge is 2.42. The van der Waals surface area contributed by atoms with Gasteiger partial charge in [0.1, 0.15) is 34.6 Å². The highest BCUT2D eigenvalue weighted by Crippen LogP contribution is 2.33. The van der Waals surface area contributed by atoms with E-state index >= 15 is 4.39 Å². The van der Waals surface area contributed by atoms with Gasteiger partial charge in [0.05, 0.1) is 12.0 Å². The van der Waals surface area contributed by atoms with Gasteiger partial charge in [-0.2, -0.15) is 4.31 Å². The molecule has 4 atom stereocenters. The smallest absolute Gasteiger partial charge is 0.410 e. The second-order valence-corrected chi connectivity index (χ2v) is 16.3. The van der Waals surface area contributed by atoms with E-state index in [2.05, 4.69) is 5.32 Å². The number of sulfonamides is 1. The maximum Gasteiger partial charge on any atom is 0.410 e. The van der Waals surface area contributed by atoms with E-state index in [0.717, 1.165) is 6.07 Å². The SMILES string of the molecule is COc1ccc(S(=O)(=O)N2C(C)CN(C(=O)OC(C)(C)C)CC2CCc2c(F)cccc2NCC(N)C(c2ccc(F)cc2)c2cc(F)cc(F)c2)cc1. The van der Waals surface area contributed by atoms with E-state index in [-0.39, 0.29) is 48.5 Å². The predicted octanol–water partition coefficient (Wildman–Crippen LogP) is 7.45. The summed E-state index contributed by atoms with van der Waals surface area (Å²) in [6.45, 7) is 7.04. The summed E-state index contributed by atoms with van der Waals surface area (Å²) in [4.78, 5) is 14.7. The normalized spacial score (nSPS) is 17.9. The van der Waals surface area contributed by atoms with Gasteiger partial charge in [-0.1, -0.05) is 18.2 Å². The van der Waals surface area contributed by atoms with Crippen LogP contribution in [0.1, 0.15) is 56.7 Å². The van der Waals surface area contributed by atoms with Gasteiger partial charge in [-0.25, -0.2) is 30.8 Å². The van der Waals surface area contributed by atoms with Crippen LogP contribution < -0.4 is 15.8 Å². The molecule has 0 bridgehead atoms. The largest absolute Gasteiger partial charge is 0.497 e. The first kappa shape index (κ1) is 40.5. The minimum Gasteiger partial charge on any atom is -0.497 e. The number of amides is 1. The average molecular weight is 771 g/mol. The van der Waals surface area contributed by atoms with Crippen molar-refractivity contribution in [3.8, 4) is 5.75 Å². The maximum absolute atomic E-state index is 15.7. The van der Waals surface area contributed by atoms with Crippen LogP contribution in [0.5, 0.6) is 5.75 Å². The molecule has 1 aliphatic heterocycles. The fourth-order valence-corrected chi connectivity index (χ4v) is 8.74. The van der Waals surface area contributed by atoms with Gasteiger partial charge in [-0.05, 0) is 112 Å². The molecule has 1 heterocycles. The van der Waals surface area contributed by atoms with Crippen molar-refractivity contribution in [1.82, 2.24) is 9.21 Å². The lowest BCUT2D eigenvalue weighted by atomic mass is 9.85. The molecule has 14 heteroatoms. The first-order chi connectivity index (χ1) is 25.5. The molecule has 54 heavy (non-hydrogen) atoms. The first-order valence-corrected chi connectivity index (χ1v) is 19.0. The fourth-order valence-electron chi connectivity index (χ4n) is 6.91. The van der Waals surface area contributed by atoms with Gasteiger partial charge in [-0.3, -0.25) is 0 Å². The predicted molar refractivity (Wildman–Crippen MR) is 199 cm³/mol. The van der Waals surface area contributed by atoms with Gasteiger partial charge >= 0.3 is 6.09 Å². The number of piperazine rings is 1. The van der Waals surface area contributed by atoms with E-state index in [4.69, 9.17) is 15.2 Å². The summed E-state index contributed by atoms with van der Waals surface area (Å²) in [5, 5.41) is 3.19. The molecule has 1 fully saturated rings. The highest BCUT2D eigenvalue weighted by molar-refractivity contribution is 7.89. The molecular formula is C40H46F4N4O5S. The van der Waals surface area contributed by atoms with Crippen molar-refractivity contribution in [3.05, 3.63) is 125 Å². The average Bonchev–Trinajstić information content (AvgIpc) is 3.09. The van der Waals surface area contributed by atoms with Crippen LogP contribution in [0.3, 0.4) is 0 Å². The second kappa shape index (κ2) is 16.8. The molecule has 0 aromatic heterocycles. The zero-order valence-corrected chi connectivity index (χ0v) is 31.7. The summed E-state index contributed by atoms with van der Waals surface area (Å²) in [7, 11) is -2.61. The highest BCUT2D eigenvalue weighted by atomic mass is 32.2. The maximum atomic E-state index is 15.7. The number of carbonyl (C=O) groups is 1. The van der Waals surface area contributed by atoms with Crippen molar-refractivity contribution in [3.63, 3.8) is 0 Å². The Bertz CT molecular complexity index is 2010. The van der Waals surface area contributed by atoms with E-state index in [0.29, 0.717) is 17.0 Å². The van der Waals surface area contributed by atoms with Crippen molar-refractivity contribution in [2.45, 2.75) is 75.1 Å². The molecule has 0 radical (unpaired) electrons. The molecule has 1 saturated heterocycles. The van der Waals surface area contributed by atoms with Crippen LogP contribution in [-0.4, -0.2) is 74.2 Å². The molecule has 9 nitrogen and oxygen atoms in total. The Labute approximate surface area is 314 Å². The number of halogens is 4. The zero-order chi connectivity index (χ0) is 39.4. The van der Waals surface area contributed by atoms with Crippen molar-refractivity contribution in [2.75, 3.05) is 32.1 Å². The van der Waals surface area contributed by atoms with Gasteiger partial charge in [-0.15, -0.1) is 0 Å². The first-order valence-electron chi connectivity index (χ1n) is 17.6. The molecule has 0 saturated carbocycles. The number of nitrogens with zero attached hydrogens (tertiary/aromatic N) is 2. The Balaban J connectivity index is 1.42. The van der Waals surface area contributed by atoms with Gasteiger partial charge in [0.15, 0.2) is 0 Å². The van der Waals surface area contributed by atoms with E-state index in [1.54, 1.807) is 45.9 Å². The van der Waals surface area contributed by atoms with Crippen LogP contribution >= 0.6 is 0 Å². The number of methoxy groups -OCH3 is 1. The third kappa shape index (κ3) is 9.71. The molecule has 5 rings (SSSR count). The Morgan fingerprint density at radius 1 is 0.907 bits per heavy atom. The van der Waals surface area contributed by atoms with Gasteiger partial charge < -0.3 is 25.4 Å². The van der Waals surface area contributed by atoms with Crippen LogP contribution in [0.2, 0.25) is 0 Å². The number of hydrogen-bond acceptors (Lipinski definition) is 7. The van der Waals surface area contributed by atoms with Gasteiger partial charge in [0.25, 0.3) is 0 Å². The molecule has 0 spiro atoms. The molecule has 1 aliphatic rings. The van der Waals surface area contributed by atoms with Gasteiger partial charge in [0.2, 0.25) is 10.0 Å². The van der Waals surface area contributed by atoms with Crippen LogP contribution in [0.4, 0.5) is 28.0 Å². The third-order valence-corrected chi connectivity index (χ3v) is 11.4. The Morgan fingerprint density at radius 3 is 2.17 bits per heavy atom. The lowest BCUT2D eigenvalue weighted by Gasteiger charge is -2.44. The Hall–Kier alpha value is -4.66. The molecule has 3 N–H and O–H groups in total.